The zero-order valence-corrected chi connectivity index (χ0v) is 17.8. The van der Waals surface area contributed by atoms with Crippen LogP contribution in [0, 0.1) is 5.82 Å². The summed E-state index contributed by atoms with van der Waals surface area (Å²) in [6.07, 6.45) is -1.29. The summed E-state index contributed by atoms with van der Waals surface area (Å²) >= 11 is 0. The number of hydrogen-bond acceptors (Lipinski definition) is 0. The lowest BCUT2D eigenvalue weighted by atomic mass is 9.96. The van der Waals surface area contributed by atoms with E-state index < -0.39 is 11.7 Å². The summed E-state index contributed by atoms with van der Waals surface area (Å²) in [7, 11) is 0. The van der Waals surface area contributed by atoms with Crippen LogP contribution in [0.15, 0.2) is 78.9 Å². The summed E-state index contributed by atoms with van der Waals surface area (Å²) in [4.78, 5) is 0. The van der Waals surface area contributed by atoms with Crippen LogP contribution in [0.3, 0.4) is 0 Å². The number of aryl methyl sites for hydroxylation is 3. The second-order valence-corrected chi connectivity index (χ2v) is 8.12. The van der Waals surface area contributed by atoms with Crippen LogP contribution in [0.2, 0.25) is 0 Å². The van der Waals surface area contributed by atoms with E-state index in [1.165, 1.54) is 17.7 Å². The Labute approximate surface area is 185 Å². The molecule has 0 nitrogen and oxygen atoms in total. The highest BCUT2D eigenvalue weighted by molar-refractivity contribution is 5.88. The van der Waals surface area contributed by atoms with Crippen LogP contribution >= 0.6 is 0 Å². The van der Waals surface area contributed by atoms with Crippen LogP contribution < -0.4 is 0 Å². The number of hydrogen-bond donors (Lipinski definition) is 0. The van der Waals surface area contributed by atoms with Gasteiger partial charge in [0.1, 0.15) is 5.82 Å². The molecule has 0 heterocycles. The Morgan fingerprint density at radius 1 is 0.656 bits per heavy atom. The molecule has 4 aromatic carbocycles. The van der Waals surface area contributed by atoms with Crippen molar-refractivity contribution >= 4 is 10.8 Å². The smallest absolute Gasteiger partial charge is 0.206 e. The maximum atomic E-state index is 15.1. The summed E-state index contributed by atoms with van der Waals surface area (Å²) in [5, 5.41) is 1.39. The van der Waals surface area contributed by atoms with E-state index in [1.807, 2.05) is 24.3 Å². The van der Waals surface area contributed by atoms with Crippen molar-refractivity contribution in [2.75, 3.05) is 0 Å². The van der Waals surface area contributed by atoms with Crippen molar-refractivity contribution in [2.45, 2.75) is 38.8 Å². The van der Waals surface area contributed by atoms with Crippen molar-refractivity contribution in [1.82, 2.24) is 0 Å². The van der Waals surface area contributed by atoms with E-state index in [-0.39, 0.29) is 5.82 Å². The Kier molecular flexibility index (Phi) is 6.31. The molecule has 0 bridgehead atoms. The first-order chi connectivity index (χ1) is 15.3. The lowest BCUT2D eigenvalue weighted by Crippen LogP contribution is -2.04. The normalized spacial score (nSPS) is 11.8. The Morgan fingerprint density at radius 2 is 1.28 bits per heavy atom. The second-order valence-electron chi connectivity index (χ2n) is 8.12. The number of alkyl halides is 3. The lowest BCUT2D eigenvalue weighted by Gasteiger charge is -2.10. The van der Waals surface area contributed by atoms with Crippen molar-refractivity contribution in [3.05, 3.63) is 107 Å². The number of fused-ring (bicyclic) bond motifs is 1. The third-order valence-electron chi connectivity index (χ3n) is 5.82. The molecule has 0 aliphatic carbocycles. The van der Waals surface area contributed by atoms with E-state index in [0.29, 0.717) is 23.8 Å². The van der Waals surface area contributed by atoms with Crippen molar-refractivity contribution in [2.24, 2.45) is 0 Å². The minimum Gasteiger partial charge on any atom is -0.206 e. The Morgan fingerprint density at radius 3 is 1.94 bits per heavy atom. The molecule has 0 aliphatic rings. The van der Waals surface area contributed by atoms with E-state index in [4.69, 9.17) is 0 Å². The van der Waals surface area contributed by atoms with Crippen LogP contribution in [-0.2, 0) is 25.4 Å². The minimum absolute atomic E-state index is 0.265. The van der Waals surface area contributed by atoms with Crippen LogP contribution in [0.25, 0.3) is 21.9 Å². The third kappa shape index (κ3) is 4.85. The molecule has 32 heavy (non-hydrogen) atoms. The maximum absolute atomic E-state index is 15.1. The molecule has 0 saturated heterocycles. The first kappa shape index (κ1) is 22.1. The second kappa shape index (κ2) is 9.15. The van der Waals surface area contributed by atoms with Crippen LogP contribution in [0.1, 0.15) is 35.6 Å². The molecule has 4 rings (SSSR count). The summed E-state index contributed by atoms with van der Waals surface area (Å²) < 4.78 is 53.2. The number of benzene rings is 4. The van der Waals surface area contributed by atoms with Gasteiger partial charge in [0, 0.05) is 5.39 Å². The fourth-order valence-corrected chi connectivity index (χ4v) is 4.00. The van der Waals surface area contributed by atoms with Gasteiger partial charge in [-0.25, -0.2) is 4.39 Å². The van der Waals surface area contributed by atoms with Crippen molar-refractivity contribution in [1.29, 1.82) is 0 Å². The van der Waals surface area contributed by atoms with Gasteiger partial charge in [-0.3, -0.25) is 0 Å². The molecule has 0 saturated carbocycles. The predicted octanol–water partition coefficient (Wildman–Crippen LogP) is 8.40. The van der Waals surface area contributed by atoms with Gasteiger partial charge in [0.15, 0.2) is 0 Å². The molecular formula is C28H24F4. The topological polar surface area (TPSA) is 0 Å². The first-order valence-corrected chi connectivity index (χ1v) is 10.8. The van der Waals surface area contributed by atoms with Gasteiger partial charge in [-0.05, 0) is 70.7 Å². The average Bonchev–Trinajstić information content (AvgIpc) is 2.79. The van der Waals surface area contributed by atoms with Gasteiger partial charge in [-0.15, -0.1) is 0 Å². The molecule has 0 fully saturated rings. The molecular weight excluding hydrogens is 412 g/mol. The van der Waals surface area contributed by atoms with Gasteiger partial charge in [0.25, 0.3) is 0 Å². The average molecular weight is 436 g/mol. The Hall–Kier alpha value is -3.14. The molecule has 0 aliphatic heterocycles. The highest BCUT2D eigenvalue weighted by atomic mass is 19.4. The largest absolute Gasteiger partial charge is 0.416 e. The van der Waals surface area contributed by atoms with Crippen LogP contribution in [0.4, 0.5) is 17.6 Å². The Bertz CT molecular complexity index is 1200. The van der Waals surface area contributed by atoms with E-state index in [2.05, 4.69) is 31.2 Å². The first-order valence-electron chi connectivity index (χ1n) is 10.8. The van der Waals surface area contributed by atoms with E-state index in [0.717, 1.165) is 47.1 Å². The van der Waals surface area contributed by atoms with Crippen LogP contribution in [0.5, 0.6) is 0 Å². The summed E-state index contributed by atoms with van der Waals surface area (Å²) in [5.41, 5.74) is 4.08. The van der Waals surface area contributed by atoms with Gasteiger partial charge in [0.05, 0.1) is 5.56 Å². The van der Waals surface area contributed by atoms with Gasteiger partial charge in [-0.2, -0.15) is 13.2 Å². The third-order valence-corrected chi connectivity index (χ3v) is 5.82. The van der Waals surface area contributed by atoms with E-state index >= 15 is 4.39 Å². The summed E-state index contributed by atoms with van der Waals surface area (Å²) in [6.45, 7) is 2.16. The fraction of sp³-hybridized carbons (Fsp3) is 0.214. The number of halogens is 4. The molecule has 4 heteroatoms. The zero-order valence-electron chi connectivity index (χ0n) is 17.8. The van der Waals surface area contributed by atoms with Crippen molar-refractivity contribution in [3.8, 4) is 11.1 Å². The highest BCUT2D eigenvalue weighted by Gasteiger charge is 2.29. The molecule has 0 atom stereocenters. The van der Waals surface area contributed by atoms with Gasteiger partial charge in [0.2, 0.25) is 0 Å². The van der Waals surface area contributed by atoms with Gasteiger partial charge in [-0.1, -0.05) is 74.0 Å². The monoisotopic (exact) mass is 436 g/mol. The quantitative estimate of drug-likeness (QED) is 0.266. The SMILES string of the molecule is CCCc1ccc(-c2ccc3c(F)c(CCc4ccc(C(F)(F)F)cc4)ccc3c2)cc1. The molecule has 0 amide bonds. The molecule has 0 aromatic heterocycles. The standard InChI is InChI=1S/C28H24F4/c1-2-3-19-4-9-21(10-5-19)23-14-17-26-24(18-23)13-12-22(27(26)29)11-6-20-7-15-25(16-8-20)28(30,31)32/h4-5,7-10,12-18H,2-3,6,11H2,1H3. The summed E-state index contributed by atoms with van der Waals surface area (Å²) in [5.74, 6) is -0.265. The molecule has 0 radical (unpaired) electrons. The van der Waals surface area contributed by atoms with Crippen molar-refractivity contribution in [3.63, 3.8) is 0 Å². The minimum atomic E-state index is -4.35. The lowest BCUT2D eigenvalue weighted by molar-refractivity contribution is -0.137. The maximum Gasteiger partial charge on any atom is 0.416 e. The summed E-state index contributed by atoms with van der Waals surface area (Å²) in [6, 6.07) is 22.9. The molecule has 4 aromatic rings. The van der Waals surface area contributed by atoms with Crippen molar-refractivity contribution < 1.29 is 17.6 Å². The number of rotatable bonds is 6. The molecule has 0 unspecified atom stereocenters. The van der Waals surface area contributed by atoms with Gasteiger partial charge < -0.3 is 0 Å². The highest BCUT2D eigenvalue weighted by Crippen LogP contribution is 2.30. The molecule has 0 spiro atoms. The van der Waals surface area contributed by atoms with Gasteiger partial charge >= 0.3 is 6.18 Å². The molecule has 164 valence electrons. The van der Waals surface area contributed by atoms with Crippen LogP contribution in [-0.4, -0.2) is 0 Å². The van der Waals surface area contributed by atoms with E-state index in [1.54, 1.807) is 6.07 Å². The van der Waals surface area contributed by atoms with E-state index in [9.17, 15) is 13.2 Å². The predicted molar refractivity (Wildman–Crippen MR) is 122 cm³/mol. The zero-order chi connectivity index (χ0) is 22.7. The fourth-order valence-electron chi connectivity index (χ4n) is 4.00. The molecule has 0 N–H and O–H groups in total. The Balaban J connectivity index is 1.52.